The third kappa shape index (κ3) is 4.25. The largest absolute Gasteiger partial charge is 0.506 e. The van der Waals surface area contributed by atoms with Crippen LogP contribution in [0.15, 0.2) is 18.2 Å². The topological polar surface area (TPSA) is 75.6 Å². The molecule has 1 aromatic carbocycles. The molecule has 6 heteroatoms. The summed E-state index contributed by atoms with van der Waals surface area (Å²) in [7, 11) is 0. The number of esters is 1. The molecule has 0 fully saturated rings. The highest BCUT2D eigenvalue weighted by molar-refractivity contribution is 6.32. The molecule has 2 N–H and O–H groups in total. The third-order valence-corrected chi connectivity index (χ3v) is 2.43. The zero-order valence-electron chi connectivity index (χ0n) is 9.90. The lowest BCUT2D eigenvalue weighted by atomic mass is 10.2. The fourth-order valence-electron chi connectivity index (χ4n) is 1.26. The second kappa shape index (κ2) is 6.86. The highest BCUT2D eigenvalue weighted by Crippen LogP contribution is 2.23. The zero-order chi connectivity index (χ0) is 13.5. The Balaban J connectivity index is 2.45. The SMILES string of the molecule is CCOC(=O)CCNC(=O)c1ccc(O)c(Cl)c1. The van der Waals surface area contributed by atoms with Crippen LogP contribution in [0.4, 0.5) is 0 Å². The van der Waals surface area contributed by atoms with E-state index in [-0.39, 0.29) is 35.6 Å². The average Bonchev–Trinajstić information content (AvgIpc) is 2.33. The van der Waals surface area contributed by atoms with Crippen molar-refractivity contribution in [1.29, 1.82) is 0 Å². The summed E-state index contributed by atoms with van der Waals surface area (Å²) in [4.78, 5) is 22.7. The number of ether oxygens (including phenoxy) is 1. The lowest BCUT2D eigenvalue weighted by Crippen LogP contribution is -2.26. The molecule has 0 aromatic heterocycles. The number of hydrogen-bond donors (Lipinski definition) is 2. The van der Waals surface area contributed by atoms with Crippen molar-refractivity contribution in [3.63, 3.8) is 0 Å². The quantitative estimate of drug-likeness (QED) is 0.800. The minimum Gasteiger partial charge on any atom is -0.506 e. The Hall–Kier alpha value is -1.75. The van der Waals surface area contributed by atoms with E-state index in [9.17, 15) is 14.7 Å². The lowest BCUT2D eigenvalue weighted by molar-refractivity contribution is -0.142. The molecule has 1 rings (SSSR count). The number of carbonyl (C=O) groups excluding carboxylic acids is 2. The minimum absolute atomic E-state index is 0.0836. The Morgan fingerprint density at radius 2 is 2.17 bits per heavy atom. The first kappa shape index (κ1) is 14.3. The first-order valence-corrected chi connectivity index (χ1v) is 5.84. The lowest BCUT2D eigenvalue weighted by Gasteiger charge is -2.06. The molecule has 0 heterocycles. The van der Waals surface area contributed by atoms with E-state index in [0.29, 0.717) is 12.2 Å². The van der Waals surface area contributed by atoms with E-state index in [1.54, 1.807) is 6.92 Å². The maximum atomic E-state index is 11.6. The molecule has 0 atom stereocenters. The zero-order valence-corrected chi connectivity index (χ0v) is 10.7. The molecule has 0 radical (unpaired) electrons. The van der Waals surface area contributed by atoms with Gasteiger partial charge in [0.1, 0.15) is 5.75 Å². The number of aromatic hydroxyl groups is 1. The van der Waals surface area contributed by atoms with Crippen LogP contribution >= 0.6 is 11.6 Å². The molecule has 0 aliphatic heterocycles. The summed E-state index contributed by atoms with van der Waals surface area (Å²) in [5, 5.41) is 11.9. The van der Waals surface area contributed by atoms with Gasteiger partial charge in [-0.1, -0.05) is 11.6 Å². The van der Waals surface area contributed by atoms with E-state index >= 15 is 0 Å². The fraction of sp³-hybridized carbons (Fsp3) is 0.333. The van der Waals surface area contributed by atoms with Crippen molar-refractivity contribution in [1.82, 2.24) is 5.32 Å². The van der Waals surface area contributed by atoms with Crippen molar-refractivity contribution in [2.75, 3.05) is 13.2 Å². The summed E-state index contributed by atoms with van der Waals surface area (Å²) in [5.74, 6) is -0.803. The van der Waals surface area contributed by atoms with Gasteiger partial charge in [0.25, 0.3) is 5.91 Å². The molecule has 18 heavy (non-hydrogen) atoms. The number of amides is 1. The fourth-order valence-corrected chi connectivity index (χ4v) is 1.44. The van der Waals surface area contributed by atoms with Gasteiger partial charge in [0.05, 0.1) is 18.1 Å². The Bertz CT molecular complexity index is 448. The van der Waals surface area contributed by atoms with Crippen LogP contribution in [0.25, 0.3) is 0 Å². The number of hydrogen-bond acceptors (Lipinski definition) is 4. The number of halogens is 1. The van der Waals surface area contributed by atoms with Gasteiger partial charge in [-0.05, 0) is 25.1 Å². The number of phenols is 1. The molecular formula is C12H14ClNO4. The first-order valence-electron chi connectivity index (χ1n) is 5.47. The molecule has 0 aliphatic rings. The molecule has 98 valence electrons. The van der Waals surface area contributed by atoms with E-state index < -0.39 is 0 Å². The van der Waals surface area contributed by atoms with E-state index in [2.05, 4.69) is 5.32 Å². The predicted octanol–water partition coefficient (Wildman–Crippen LogP) is 1.73. The van der Waals surface area contributed by atoms with Crippen LogP contribution in [0.2, 0.25) is 5.02 Å². The Morgan fingerprint density at radius 3 is 2.78 bits per heavy atom. The van der Waals surface area contributed by atoms with Crippen molar-refractivity contribution in [2.24, 2.45) is 0 Å². The minimum atomic E-state index is -0.360. The Kier molecular flexibility index (Phi) is 5.45. The van der Waals surface area contributed by atoms with Gasteiger partial charge in [-0.2, -0.15) is 0 Å². The van der Waals surface area contributed by atoms with Crippen LogP contribution in [0.1, 0.15) is 23.7 Å². The van der Waals surface area contributed by atoms with Crippen molar-refractivity contribution in [3.8, 4) is 5.75 Å². The summed E-state index contributed by atoms with van der Waals surface area (Å²) in [6.07, 6.45) is 0.116. The van der Waals surface area contributed by atoms with Gasteiger partial charge in [0.2, 0.25) is 0 Å². The molecule has 0 aliphatic carbocycles. The van der Waals surface area contributed by atoms with Crippen LogP contribution < -0.4 is 5.32 Å². The molecule has 0 saturated carbocycles. The predicted molar refractivity (Wildman–Crippen MR) is 66.7 cm³/mol. The van der Waals surface area contributed by atoms with E-state index in [0.717, 1.165) is 0 Å². The number of phenolic OH excluding ortho intramolecular Hbond substituents is 1. The Labute approximate surface area is 110 Å². The summed E-state index contributed by atoms with van der Waals surface area (Å²) in [6, 6.07) is 4.14. The molecule has 0 saturated heterocycles. The monoisotopic (exact) mass is 271 g/mol. The second-order valence-corrected chi connectivity index (χ2v) is 3.88. The maximum Gasteiger partial charge on any atom is 0.307 e. The van der Waals surface area contributed by atoms with Gasteiger partial charge in [0, 0.05) is 12.1 Å². The summed E-state index contributed by atoms with van der Waals surface area (Å²) in [5.41, 5.74) is 0.321. The van der Waals surface area contributed by atoms with Crippen molar-refractivity contribution in [2.45, 2.75) is 13.3 Å². The van der Waals surface area contributed by atoms with Gasteiger partial charge in [-0.3, -0.25) is 9.59 Å². The van der Waals surface area contributed by atoms with Gasteiger partial charge in [0.15, 0.2) is 0 Å². The van der Waals surface area contributed by atoms with Crippen LogP contribution in [0.5, 0.6) is 5.75 Å². The molecule has 1 amide bonds. The van der Waals surface area contributed by atoms with E-state index in [1.165, 1.54) is 18.2 Å². The third-order valence-electron chi connectivity index (χ3n) is 2.13. The molecule has 5 nitrogen and oxygen atoms in total. The van der Waals surface area contributed by atoms with Gasteiger partial charge in [-0.15, -0.1) is 0 Å². The molecular weight excluding hydrogens is 258 g/mol. The van der Waals surface area contributed by atoms with Gasteiger partial charge >= 0.3 is 5.97 Å². The van der Waals surface area contributed by atoms with Crippen LogP contribution in [0, 0.1) is 0 Å². The van der Waals surface area contributed by atoms with Gasteiger partial charge in [-0.25, -0.2) is 0 Å². The normalized spacial score (nSPS) is 9.89. The summed E-state index contributed by atoms with van der Waals surface area (Å²) >= 11 is 5.68. The molecule has 1 aromatic rings. The highest BCUT2D eigenvalue weighted by atomic mass is 35.5. The highest BCUT2D eigenvalue weighted by Gasteiger charge is 2.09. The van der Waals surface area contributed by atoms with Crippen molar-refractivity contribution >= 4 is 23.5 Å². The van der Waals surface area contributed by atoms with E-state index in [1.807, 2.05) is 0 Å². The van der Waals surface area contributed by atoms with Crippen molar-refractivity contribution in [3.05, 3.63) is 28.8 Å². The Morgan fingerprint density at radius 1 is 1.44 bits per heavy atom. The number of nitrogens with one attached hydrogen (secondary N) is 1. The van der Waals surface area contributed by atoms with Gasteiger partial charge < -0.3 is 15.2 Å². The number of rotatable bonds is 5. The van der Waals surface area contributed by atoms with Crippen LogP contribution in [-0.2, 0) is 9.53 Å². The molecule has 0 bridgehead atoms. The maximum absolute atomic E-state index is 11.6. The van der Waals surface area contributed by atoms with E-state index in [4.69, 9.17) is 16.3 Å². The number of carbonyl (C=O) groups is 2. The summed E-state index contributed by atoms with van der Waals surface area (Å²) in [6.45, 7) is 2.23. The standard InChI is InChI=1S/C12H14ClNO4/c1-2-18-11(16)5-6-14-12(17)8-3-4-10(15)9(13)7-8/h3-4,7,15H,2,5-6H2,1H3,(H,14,17). The van der Waals surface area contributed by atoms with Crippen LogP contribution in [-0.4, -0.2) is 30.1 Å². The van der Waals surface area contributed by atoms with Crippen LogP contribution in [0.3, 0.4) is 0 Å². The number of benzene rings is 1. The second-order valence-electron chi connectivity index (χ2n) is 3.48. The van der Waals surface area contributed by atoms with Crippen molar-refractivity contribution < 1.29 is 19.4 Å². The first-order chi connectivity index (χ1) is 8.54. The summed E-state index contributed by atoms with van der Waals surface area (Å²) < 4.78 is 4.72. The molecule has 0 unspecified atom stereocenters. The average molecular weight is 272 g/mol. The smallest absolute Gasteiger partial charge is 0.307 e. The molecule has 0 spiro atoms.